The Bertz CT molecular complexity index is 538. The first-order valence-electron chi connectivity index (χ1n) is 5.86. The zero-order valence-corrected chi connectivity index (χ0v) is 10.6. The second-order valence-electron chi connectivity index (χ2n) is 4.10. The summed E-state index contributed by atoms with van der Waals surface area (Å²) in [6.07, 6.45) is 6.68. The van der Waals surface area contributed by atoms with Gasteiger partial charge in [-0.05, 0) is 18.6 Å². The van der Waals surface area contributed by atoms with Crippen LogP contribution < -0.4 is 5.73 Å². The largest absolute Gasteiger partial charge is 0.382 e. The minimum Gasteiger partial charge on any atom is -0.382 e. The normalized spacial score (nSPS) is 19.9. The number of nitrogens with two attached hydrogens (primary N) is 1. The van der Waals surface area contributed by atoms with Gasteiger partial charge in [0.15, 0.2) is 17.3 Å². The Balaban J connectivity index is 1.87. The maximum Gasteiger partial charge on any atom is 0.280 e. The smallest absolute Gasteiger partial charge is 0.280 e. The van der Waals surface area contributed by atoms with E-state index in [1.807, 2.05) is 11.8 Å². The van der Waals surface area contributed by atoms with Crippen molar-refractivity contribution < 1.29 is 4.52 Å². The fourth-order valence-corrected chi connectivity index (χ4v) is 3.15. The monoisotopic (exact) mass is 263 g/mol. The maximum atomic E-state index is 5.73. The molecule has 2 N–H and O–H groups in total. The van der Waals surface area contributed by atoms with Crippen molar-refractivity contribution in [3.05, 3.63) is 18.2 Å². The van der Waals surface area contributed by atoms with Crippen molar-refractivity contribution in [3.63, 3.8) is 0 Å². The fourth-order valence-electron chi connectivity index (χ4n) is 1.92. The van der Waals surface area contributed by atoms with Gasteiger partial charge in [0.2, 0.25) is 0 Å². The zero-order chi connectivity index (χ0) is 12.4. The van der Waals surface area contributed by atoms with Crippen molar-refractivity contribution in [2.75, 3.05) is 11.5 Å². The van der Waals surface area contributed by atoms with E-state index in [-0.39, 0.29) is 0 Å². The van der Waals surface area contributed by atoms with Crippen LogP contribution in [0.1, 0.15) is 30.3 Å². The van der Waals surface area contributed by atoms with Crippen LogP contribution in [0, 0.1) is 0 Å². The van der Waals surface area contributed by atoms with Gasteiger partial charge in [-0.25, -0.2) is 9.97 Å². The van der Waals surface area contributed by atoms with E-state index in [4.69, 9.17) is 10.3 Å². The molecule has 0 amide bonds. The Hall–Kier alpha value is -1.63. The minimum atomic E-state index is 0.309. The highest BCUT2D eigenvalue weighted by Crippen LogP contribution is 2.37. The Morgan fingerprint density at radius 3 is 2.94 bits per heavy atom. The van der Waals surface area contributed by atoms with Crippen LogP contribution in [-0.2, 0) is 0 Å². The van der Waals surface area contributed by atoms with Gasteiger partial charge in [-0.2, -0.15) is 16.7 Å². The summed E-state index contributed by atoms with van der Waals surface area (Å²) in [4.78, 5) is 12.5. The van der Waals surface area contributed by atoms with Gasteiger partial charge >= 0.3 is 0 Å². The lowest BCUT2D eigenvalue weighted by molar-refractivity contribution is 0.419. The summed E-state index contributed by atoms with van der Waals surface area (Å²) in [6, 6.07) is 0. The van der Waals surface area contributed by atoms with Crippen LogP contribution in [0.5, 0.6) is 0 Å². The molecule has 2 aromatic heterocycles. The van der Waals surface area contributed by atoms with Crippen LogP contribution in [0.15, 0.2) is 16.9 Å². The fraction of sp³-hybridized carbons (Fsp3) is 0.455. The van der Waals surface area contributed by atoms with Crippen LogP contribution in [0.2, 0.25) is 0 Å². The van der Waals surface area contributed by atoms with Crippen LogP contribution in [-0.4, -0.2) is 25.9 Å². The van der Waals surface area contributed by atoms with E-state index in [2.05, 4.69) is 20.1 Å². The molecule has 2 aromatic rings. The third-order valence-corrected chi connectivity index (χ3v) is 4.21. The van der Waals surface area contributed by atoms with Crippen molar-refractivity contribution in [3.8, 4) is 11.6 Å². The van der Waals surface area contributed by atoms with Crippen LogP contribution in [0.4, 0.5) is 5.82 Å². The first-order valence-corrected chi connectivity index (χ1v) is 6.91. The van der Waals surface area contributed by atoms with Gasteiger partial charge < -0.3 is 10.3 Å². The van der Waals surface area contributed by atoms with Crippen LogP contribution in [0.3, 0.4) is 0 Å². The van der Waals surface area contributed by atoms with Gasteiger partial charge in [0.1, 0.15) is 0 Å². The van der Waals surface area contributed by atoms with Crippen LogP contribution >= 0.6 is 11.8 Å². The molecular weight excluding hydrogens is 250 g/mol. The molecule has 1 atom stereocenters. The highest BCUT2D eigenvalue weighted by atomic mass is 32.2. The minimum absolute atomic E-state index is 0.309. The summed E-state index contributed by atoms with van der Waals surface area (Å²) >= 11 is 1.88. The summed E-state index contributed by atoms with van der Waals surface area (Å²) in [5, 5.41) is 4.35. The van der Waals surface area contributed by atoms with E-state index in [9.17, 15) is 0 Å². The van der Waals surface area contributed by atoms with Gasteiger partial charge in [-0.3, -0.25) is 0 Å². The molecule has 0 aliphatic carbocycles. The van der Waals surface area contributed by atoms with Crippen molar-refractivity contribution in [2.24, 2.45) is 0 Å². The average Bonchev–Trinajstić information content (AvgIpc) is 2.90. The molecule has 0 aromatic carbocycles. The van der Waals surface area contributed by atoms with Gasteiger partial charge in [-0.1, -0.05) is 11.6 Å². The number of nitrogens with zero attached hydrogens (tertiary/aromatic N) is 4. The van der Waals surface area contributed by atoms with E-state index in [0.717, 1.165) is 18.0 Å². The number of rotatable bonds is 2. The molecule has 6 nitrogen and oxygen atoms in total. The Kier molecular flexibility index (Phi) is 3.14. The molecular formula is C11H13N5OS. The first-order chi connectivity index (χ1) is 8.84. The number of thioether (sulfide) groups is 1. The Morgan fingerprint density at radius 1 is 1.28 bits per heavy atom. The lowest BCUT2D eigenvalue weighted by atomic mass is 10.2. The van der Waals surface area contributed by atoms with Crippen molar-refractivity contribution in [1.82, 2.24) is 20.1 Å². The molecule has 1 aliphatic heterocycles. The van der Waals surface area contributed by atoms with E-state index >= 15 is 0 Å². The molecule has 3 heterocycles. The predicted octanol–water partition coefficient (Wildman–Crippen LogP) is 2.07. The van der Waals surface area contributed by atoms with E-state index in [1.165, 1.54) is 19.0 Å². The molecule has 0 spiro atoms. The molecule has 18 heavy (non-hydrogen) atoms. The molecule has 94 valence electrons. The Morgan fingerprint density at radius 2 is 2.17 bits per heavy atom. The molecule has 1 saturated heterocycles. The molecule has 7 heteroatoms. The lowest BCUT2D eigenvalue weighted by Gasteiger charge is -2.17. The zero-order valence-electron chi connectivity index (χ0n) is 9.74. The molecule has 1 fully saturated rings. The summed E-state index contributed by atoms with van der Waals surface area (Å²) in [5.41, 5.74) is 6.19. The van der Waals surface area contributed by atoms with Crippen molar-refractivity contribution in [1.29, 1.82) is 0 Å². The molecule has 0 saturated carbocycles. The van der Waals surface area contributed by atoms with E-state index < -0.39 is 0 Å². The predicted molar refractivity (Wildman–Crippen MR) is 68.8 cm³/mol. The second-order valence-corrected chi connectivity index (χ2v) is 5.41. The highest BCUT2D eigenvalue weighted by molar-refractivity contribution is 7.99. The van der Waals surface area contributed by atoms with E-state index in [1.54, 1.807) is 6.20 Å². The molecule has 1 aliphatic rings. The maximum absolute atomic E-state index is 5.73. The standard InChI is InChI=1S/C11H13N5OS/c12-9-8(13-4-5-14-9)11-15-10(16-17-11)7-3-1-2-6-18-7/h4-5,7H,1-3,6H2,(H2,12,14). The molecule has 0 bridgehead atoms. The number of hydrogen-bond acceptors (Lipinski definition) is 7. The lowest BCUT2D eigenvalue weighted by Crippen LogP contribution is -2.03. The van der Waals surface area contributed by atoms with E-state index in [0.29, 0.717) is 22.7 Å². The quantitative estimate of drug-likeness (QED) is 0.886. The van der Waals surface area contributed by atoms with Gasteiger partial charge in [0.25, 0.3) is 5.89 Å². The molecule has 3 rings (SSSR count). The summed E-state index contributed by atoms with van der Waals surface area (Å²) < 4.78 is 5.23. The number of hydrogen-bond donors (Lipinski definition) is 1. The van der Waals surface area contributed by atoms with Crippen LogP contribution in [0.25, 0.3) is 11.6 Å². The number of anilines is 1. The topological polar surface area (TPSA) is 90.7 Å². The van der Waals surface area contributed by atoms with Gasteiger partial charge in [0, 0.05) is 12.4 Å². The number of aromatic nitrogens is 4. The third kappa shape index (κ3) is 2.17. The Labute approximate surface area is 108 Å². The van der Waals surface area contributed by atoms with Gasteiger partial charge in [0.05, 0.1) is 5.25 Å². The van der Waals surface area contributed by atoms with Gasteiger partial charge in [-0.15, -0.1) is 0 Å². The highest BCUT2D eigenvalue weighted by Gasteiger charge is 2.23. The first kappa shape index (κ1) is 11.5. The summed E-state index contributed by atoms with van der Waals surface area (Å²) in [5.74, 6) is 2.55. The van der Waals surface area contributed by atoms with Crippen molar-refractivity contribution in [2.45, 2.75) is 24.5 Å². The number of nitrogen functional groups attached to an aromatic ring is 1. The summed E-state index contributed by atoms with van der Waals surface area (Å²) in [7, 11) is 0. The van der Waals surface area contributed by atoms with Crippen molar-refractivity contribution >= 4 is 17.6 Å². The molecule has 1 unspecified atom stereocenters. The second kappa shape index (κ2) is 4.93. The average molecular weight is 263 g/mol. The SMILES string of the molecule is Nc1nccnc1-c1nc(C2CCCCS2)no1. The summed E-state index contributed by atoms with van der Waals surface area (Å²) in [6.45, 7) is 0. The third-order valence-electron chi connectivity index (χ3n) is 2.84. The molecule has 0 radical (unpaired) electrons.